The quantitative estimate of drug-likeness (QED) is 0.734. The van der Waals surface area contributed by atoms with Gasteiger partial charge >= 0.3 is 0 Å². The molecule has 10 nitrogen and oxygen atoms in total. The standard InChI is InChI=1S/C17H22N6O4S/c1-10-9-14(23(21-10)17-18-12(3)11(2)15(24)20-17)19-16(25)13-5-7-22(8-6-13)28(4,26)27/h9,13H,2,5-8H2,1,3-4H3,(H,19,25). The van der Waals surface area contributed by atoms with Crippen molar-refractivity contribution in [1.29, 1.82) is 0 Å². The van der Waals surface area contributed by atoms with E-state index in [1.165, 1.54) is 8.99 Å². The fourth-order valence-electron chi connectivity index (χ4n) is 3.07. The Bertz CT molecular complexity index is 1010. The van der Waals surface area contributed by atoms with Gasteiger partial charge in [0.05, 0.1) is 23.2 Å². The van der Waals surface area contributed by atoms with Crippen molar-refractivity contribution in [3.05, 3.63) is 23.9 Å². The number of carbonyl (C=O) groups excluding carboxylic acids is 2. The van der Waals surface area contributed by atoms with Gasteiger partial charge in [-0.2, -0.15) is 14.8 Å². The van der Waals surface area contributed by atoms with Crippen molar-refractivity contribution < 1.29 is 18.0 Å². The van der Waals surface area contributed by atoms with E-state index >= 15 is 0 Å². The van der Waals surface area contributed by atoms with E-state index < -0.39 is 15.9 Å². The van der Waals surface area contributed by atoms with Crippen LogP contribution in [0.15, 0.2) is 28.2 Å². The second-order valence-corrected chi connectivity index (χ2v) is 8.88. The molecule has 0 unspecified atom stereocenters. The van der Waals surface area contributed by atoms with Crippen molar-refractivity contribution in [2.75, 3.05) is 24.7 Å². The number of hydrogen-bond donors (Lipinski definition) is 1. The molecule has 1 aromatic heterocycles. The highest BCUT2D eigenvalue weighted by atomic mass is 32.2. The maximum Gasteiger partial charge on any atom is 0.281 e. The highest BCUT2D eigenvalue weighted by Gasteiger charge is 2.30. The third-order valence-corrected chi connectivity index (χ3v) is 6.03. The zero-order chi connectivity index (χ0) is 20.6. The summed E-state index contributed by atoms with van der Waals surface area (Å²) in [5.41, 5.74) is 1.28. The number of sulfonamides is 1. The Morgan fingerprint density at radius 2 is 1.89 bits per heavy atom. The van der Waals surface area contributed by atoms with Gasteiger partial charge in [0.25, 0.3) is 11.9 Å². The summed E-state index contributed by atoms with van der Waals surface area (Å²) in [6.45, 7) is 7.65. The Morgan fingerprint density at radius 1 is 1.25 bits per heavy atom. The molecule has 3 rings (SSSR count). The number of rotatable bonds is 3. The lowest BCUT2D eigenvalue weighted by Gasteiger charge is -2.29. The van der Waals surface area contributed by atoms with Crippen LogP contribution in [-0.2, 0) is 19.6 Å². The third-order valence-electron chi connectivity index (χ3n) is 4.73. The van der Waals surface area contributed by atoms with Crippen LogP contribution in [-0.4, -0.2) is 65.3 Å². The van der Waals surface area contributed by atoms with E-state index in [4.69, 9.17) is 0 Å². The zero-order valence-electron chi connectivity index (χ0n) is 16.0. The fraction of sp³-hybridized carbons (Fsp3) is 0.471. The Hall–Kier alpha value is -2.66. The third kappa shape index (κ3) is 4.09. The Kier molecular flexibility index (Phi) is 5.31. The summed E-state index contributed by atoms with van der Waals surface area (Å²) in [6, 6.07) is 1.66. The molecule has 28 heavy (non-hydrogen) atoms. The van der Waals surface area contributed by atoms with Crippen LogP contribution in [0.5, 0.6) is 0 Å². The number of amides is 2. The molecule has 1 saturated heterocycles. The molecule has 150 valence electrons. The van der Waals surface area contributed by atoms with Gasteiger partial charge in [-0.1, -0.05) is 6.58 Å². The molecule has 0 aliphatic carbocycles. The van der Waals surface area contributed by atoms with Crippen LogP contribution in [0.25, 0.3) is 0 Å². The number of piperidine rings is 1. The first-order valence-corrected chi connectivity index (χ1v) is 10.6. The maximum atomic E-state index is 12.7. The summed E-state index contributed by atoms with van der Waals surface area (Å²) in [4.78, 5) is 32.7. The molecule has 2 amide bonds. The average Bonchev–Trinajstić information content (AvgIpc) is 2.98. The van der Waals surface area contributed by atoms with E-state index in [1.54, 1.807) is 19.9 Å². The molecule has 11 heteroatoms. The van der Waals surface area contributed by atoms with Crippen LogP contribution in [0.4, 0.5) is 5.82 Å². The van der Waals surface area contributed by atoms with E-state index in [9.17, 15) is 18.0 Å². The van der Waals surface area contributed by atoms with Gasteiger partial charge in [-0.05, 0) is 26.7 Å². The van der Waals surface area contributed by atoms with Gasteiger partial charge in [0.1, 0.15) is 5.82 Å². The number of anilines is 1. The molecule has 1 fully saturated rings. The minimum atomic E-state index is -3.25. The van der Waals surface area contributed by atoms with E-state index in [1.807, 2.05) is 0 Å². The van der Waals surface area contributed by atoms with Gasteiger partial charge in [-0.25, -0.2) is 17.7 Å². The summed E-state index contributed by atoms with van der Waals surface area (Å²) in [5, 5.41) is 7.07. The van der Waals surface area contributed by atoms with Gasteiger partial charge < -0.3 is 5.32 Å². The van der Waals surface area contributed by atoms with Crippen LogP contribution in [0.2, 0.25) is 0 Å². The van der Waals surface area contributed by atoms with Crippen molar-refractivity contribution in [2.45, 2.75) is 26.7 Å². The van der Waals surface area contributed by atoms with Crippen LogP contribution in [0, 0.1) is 12.8 Å². The van der Waals surface area contributed by atoms with Gasteiger partial charge in [0.15, 0.2) is 0 Å². The number of aromatic nitrogens is 2. The van der Waals surface area contributed by atoms with Crippen LogP contribution in [0.3, 0.4) is 0 Å². The Labute approximate surface area is 163 Å². The molecule has 2 aliphatic rings. The molecule has 0 radical (unpaired) electrons. The van der Waals surface area contributed by atoms with Crippen molar-refractivity contribution in [2.24, 2.45) is 15.9 Å². The predicted octanol–water partition coefficient (Wildman–Crippen LogP) is 0.563. The van der Waals surface area contributed by atoms with Crippen LogP contribution >= 0.6 is 0 Å². The molecule has 0 saturated carbocycles. The number of nitrogens with one attached hydrogen (secondary N) is 1. The number of aliphatic imine (C=N–C) groups is 2. The molecule has 2 aliphatic heterocycles. The predicted molar refractivity (Wildman–Crippen MR) is 105 cm³/mol. The minimum Gasteiger partial charge on any atom is -0.310 e. The first kappa shape index (κ1) is 20.1. The molecular weight excluding hydrogens is 384 g/mol. The lowest BCUT2D eigenvalue weighted by Crippen LogP contribution is -2.41. The Balaban J connectivity index is 1.76. The lowest BCUT2D eigenvalue weighted by molar-refractivity contribution is -0.121. The van der Waals surface area contributed by atoms with Gasteiger partial charge in [-0.3, -0.25) is 9.59 Å². The highest BCUT2D eigenvalue weighted by Crippen LogP contribution is 2.22. The van der Waals surface area contributed by atoms with Gasteiger partial charge in [0.2, 0.25) is 15.9 Å². The number of carbonyl (C=O) groups is 2. The van der Waals surface area contributed by atoms with Crippen molar-refractivity contribution in [3.8, 4) is 0 Å². The zero-order valence-corrected chi connectivity index (χ0v) is 16.8. The number of nitrogens with zero attached hydrogens (tertiary/aromatic N) is 5. The molecular formula is C17H22N6O4S. The molecule has 0 spiro atoms. The topological polar surface area (TPSA) is 126 Å². The fourth-order valence-corrected chi connectivity index (χ4v) is 3.94. The van der Waals surface area contributed by atoms with E-state index in [2.05, 4.69) is 27.0 Å². The number of hydrogen-bond acceptors (Lipinski definition) is 6. The summed E-state index contributed by atoms with van der Waals surface area (Å²) < 4.78 is 25.9. The molecule has 3 heterocycles. The summed E-state index contributed by atoms with van der Waals surface area (Å²) in [6.07, 6.45) is 2.03. The van der Waals surface area contributed by atoms with E-state index in [-0.39, 0.29) is 23.4 Å². The van der Waals surface area contributed by atoms with E-state index in [0.29, 0.717) is 43.2 Å². The second-order valence-electron chi connectivity index (χ2n) is 6.90. The van der Waals surface area contributed by atoms with Crippen LogP contribution < -0.4 is 5.32 Å². The summed E-state index contributed by atoms with van der Waals surface area (Å²) in [5.74, 6) is -0.640. The smallest absolute Gasteiger partial charge is 0.281 e. The maximum absolute atomic E-state index is 12.7. The highest BCUT2D eigenvalue weighted by molar-refractivity contribution is 7.88. The van der Waals surface area contributed by atoms with Crippen molar-refractivity contribution in [1.82, 2.24) is 14.1 Å². The van der Waals surface area contributed by atoms with Crippen molar-refractivity contribution >= 4 is 39.3 Å². The minimum absolute atomic E-state index is 0.0604. The van der Waals surface area contributed by atoms with Crippen molar-refractivity contribution in [3.63, 3.8) is 0 Å². The summed E-state index contributed by atoms with van der Waals surface area (Å²) in [7, 11) is -3.25. The first-order chi connectivity index (χ1) is 13.1. The first-order valence-electron chi connectivity index (χ1n) is 8.77. The van der Waals surface area contributed by atoms with Gasteiger partial charge in [0, 0.05) is 25.1 Å². The van der Waals surface area contributed by atoms with Crippen LogP contribution in [0.1, 0.15) is 25.5 Å². The molecule has 1 N–H and O–H groups in total. The summed E-state index contributed by atoms with van der Waals surface area (Å²) >= 11 is 0. The number of aryl methyl sites for hydroxylation is 1. The van der Waals surface area contributed by atoms with E-state index in [0.717, 1.165) is 6.26 Å². The molecule has 0 atom stereocenters. The average molecular weight is 406 g/mol. The molecule has 1 aromatic rings. The lowest BCUT2D eigenvalue weighted by atomic mass is 9.97. The monoisotopic (exact) mass is 406 g/mol. The largest absolute Gasteiger partial charge is 0.310 e. The molecule has 0 aromatic carbocycles. The SMILES string of the molecule is C=C1C(=O)N=C(n2nc(C)cc2NC(=O)C2CCN(S(C)(=O)=O)CC2)N=C1C. The normalized spacial score (nSPS) is 19.4. The van der Waals surface area contributed by atoms with Gasteiger partial charge in [-0.15, -0.1) is 0 Å². The Morgan fingerprint density at radius 3 is 2.46 bits per heavy atom. The second kappa shape index (κ2) is 7.40. The molecule has 0 bridgehead atoms.